The Labute approximate surface area is 129 Å². The smallest absolute Gasteiger partial charge is 0.221 e. The normalized spacial score (nSPS) is 28.8. The molecule has 1 amide bonds. The Morgan fingerprint density at radius 1 is 1.23 bits per heavy atom. The minimum Gasteiger partial charge on any atom is -0.487 e. The van der Waals surface area contributed by atoms with E-state index in [4.69, 9.17) is 10.5 Å². The molecule has 1 aliphatic carbocycles. The molecular formula is C18H18N2O2. The summed E-state index contributed by atoms with van der Waals surface area (Å²) in [5.74, 6) is 0.550. The quantitative estimate of drug-likeness (QED) is 0.925. The third-order valence-electron chi connectivity index (χ3n) is 4.88. The summed E-state index contributed by atoms with van der Waals surface area (Å²) in [5.41, 5.74) is 8.73. The summed E-state index contributed by atoms with van der Waals surface area (Å²) in [5, 5.41) is 0. The van der Waals surface area contributed by atoms with Crippen LogP contribution in [0.2, 0.25) is 0 Å². The van der Waals surface area contributed by atoms with Gasteiger partial charge in [0, 0.05) is 23.4 Å². The Morgan fingerprint density at radius 2 is 2.00 bits per heavy atom. The highest BCUT2D eigenvalue weighted by molar-refractivity contribution is 5.79. The zero-order chi connectivity index (χ0) is 15.3. The molecule has 4 atom stereocenters. The first-order chi connectivity index (χ1) is 10.6. The summed E-state index contributed by atoms with van der Waals surface area (Å²) in [6, 6.07) is 14.0. The maximum atomic E-state index is 11.9. The van der Waals surface area contributed by atoms with Crippen LogP contribution in [0.15, 0.2) is 42.5 Å². The first-order valence-electron chi connectivity index (χ1n) is 7.63. The number of ether oxygens (including phenoxy) is 1. The van der Waals surface area contributed by atoms with Gasteiger partial charge in [-0.1, -0.05) is 30.3 Å². The molecule has 4 nitrogen and oxygen atoms in total. The van der Waals surface area contributed by atoms with Crippen molar-refractivity contribution in [1.82, 2.24) is 4.98 Å². The number of amides is 1. The zero-order valence-electron chi connectivity index (χ0n) is 12.4. The number of hydrogen-bond acceptors (Lipinski definition) is 3. The van der Waals surface area contributed by atoms with E-state index in [0.717, 1.165) is 22.7 Å². The van der Waals surface area contributed by atoms with Gasteiger partial charge in [0.2, 0.25) is 5.91 Å². The number of carbonyl (C=O) groups is 1. The topological polar surface area (TPSA) is 65.2 Å². The fraction of sp³-hybridized carbons (Fsp3) is 0.333. The Hall–Kier alpha value is -2.36. The van der Waals surface area contributed by atoms with Crippen molar-refractivity contribution in [3.05, 3.63) is 59.4 Å². The lowest BCUT2D eigenvalue weighted by Gasteiger charge is -2.22. The Kier molecular flexibility index (Phi) is 2.93. The van der Waals surface area contributed by atoms with Gasteiger partial charge in [0.25, 0.3) is 0 Å². The molecular weight excluding hydrogens is 276 g/mol. The van der Waals surface area contributed by atoms with Crippen LogP contribution < -0.4 is 10.5 Å². The number of aromatic nitrogens is 1. The largest absolute Gasteiger partial charge is 0.487 e. The highest BCUT2D eigenvalue weighted by Gasteiger charge is 2.53. The van der Waals surface area contributed by atoms with Crippen molar-refractivity contribution < 1.29 is 9.53 Å². The zero-order valence-corrected chi connectivity index (χ0v) is 12.4. The van der Waals surface area contributed by atoms with Crippen LogP contribution in [0.25, 0.3) is 0 Å². The second-order valence-corrected chi connectivity index (χ2v) is 6.21. The van der Waals surface area contributed by atoms with Gasteiger partial charge in [-0.3, -0.25) is 9.78 Å². The fourth-order valence-electron chi connectivity index (χ4n) is 3.92. The molecule has 22 heavy (non-hydrogen) atoms. The second kappa shape index (κ2) is 4.83. The van der Waals surface area contributed by atoms with E-state index in [2.05, 4.69) is 4.98 Å². The Balaban J connectivity index is 1.78. The number of primary amides is 1. The maximum absolute atomic E-state index is 11.9. The van der Waals surface area contributed by atoms with E-state index in [9.17, 15) is 4.79 Å². The molecule has 0 bridgehead atoms. The number of hydrogen-bond donors (Lipinski definition) is 1. The van der Waals surface area contributed by atoms with Crippen LogP contribution in [0.4, 0.5) is 0 Å². The highest BCUT2D eigenvalue weighted by Crippen LogP contribution is 2.54. The van der Waals surface area contributed by atoms with E-state index in [1.165, 1.54) is 0 Å². The third kappa shape index (κ3) is 1.90. The monoisotopic (exact) mass is 294 g/mol. The van der Waals surface area contributed by atoms with Gasteiger partial charge in [0.05, 0.1) is 5.69 Å². The summed E-state index contributed by atoms with van der Waals surface area (Å²) in [6.45, 7) is 1.98. The molecule has 1 fully saturated rings. The van der Waals surface area contributed by atoms with Crippen LogP contribution in [-0.2, 0) is 4.79 Å². The lowest BCUT2D eigenvalue weighted by Crippen LogP contribution is -2.30. The highest BCUT2D eigenvalue weighted by atomic mass is 16.5. The van der Waals surface area contributed by atoms with E-state index in [0.29, 0.717) is 6.42 Å². The number of carbonyl (C=O) groups excluding carboxylic acids is 1. The van der Waals surface area contributed by atoms with Crippen molar-refractivity contribution in [2.75, 3.05) is 0 Å². The minimum absolute atomic E-state index is 0.00166. The van der Waals surface area contributed by atoms with Gasteiger partial charge in [-0.25, -0.2) is 0 Å². The second-order valence-electron chi connectivity index (χ2n) is 6.21. The predicted octanol–water partition coefficient (Wildman–Crippen LogP) is 2.52. The molecule has 4 unspecified atom stereocenters. The van der Waals surface area contributed by atoms with Crippen LogP contribution >= 0.6 is 0 Å². The average molecular weight is 294 g/mol. The summed E-state index contributed by atoms with van der Waals surface area (Å²) in [6.07, 6.45) is 0.660. The molecule has 4 rings (SSSR count). The van der Waals surface area contributed by atoms with Crippen molar-refractivity contribution in [3.63, 3.8) is 0 Å². The summed E-state index contributed by atoms with van der Waals surface area (Å²) in [7, 11) is 0. The summed E-state index contributed by atoms with van der Waals surface area (Å²) >= 11 is 0. The molecule has 2 N–H and O–H groups in total. The van der Waals surface area contributed by atoms with Gasteiger partial charge in [-0.2, -0.15) is 0 Å². The predicted molar refractivity (Wildman–Crippen MR) is 82.6 cm³/mol. The number of pyridine rings is 1. The number of rotatable bonds is 2. The molecule has 2 aliphatic rings. The van der Waals surface area contributed by atoms with Gasteiger partial charge < -0.3 is 10.5 Å². The number of aryl methyl sites for hydroxylation is 1. The first-order valence-corrected chi connectivity index (χ1v) is 7.63. The maximum Gasteiger partial charge on any atom is 0.221 e. The van der Waals surface area contributed by atoms with Crippen LogP contribution in [-0.4, -0.2) is 17.0 Å². The van der Waals surface area contributed by atoms with E-state index < -0.39 is 0 Å². The van der Waals surface area contributed by atoms with E-state index in [-0.39, 0.29) is 29.8 Å². The van der Waals surface area contributed by atoms with Crippen molar-refractivity contribution in [1.29, 1.82) is 0 Å². The van der Waals surface area contributed by atoms with E-state index >= 15 is 0 Å². The fourth-order valence-corrected chi connectivity index (χ4v) is 3.92. The SMILES string of the molecule is Cc1ccc2c(n1)C1CC(C(N)=O)C(c3ccccc3)C1O2. The Bertz CT molecular complexity index is 729. The molecule has 0 saturated heterocycles. The molecule has 1 aromatic carbocycles. The van der Waals surface area contributed by atoms with E-state index in [1.54, 1.807) is 0 Å². The van der Waals surface area contributed by atoms with Gasteiger partial charge in [0.15, 0.2) is 0 Å². The number of benzene rings is 1. The molecule has 1 aromatic heterocycles. The lowest BCUT2D eigenvalue weighted by molar-refractivity contribution is -0.122. The standard InChI is InChI=1S/C18H18N2O2/c1-10-7-8-14-16(20-10)13-9-12(18(19)21)15(17(13)22-14)11-5-3-2-4-6-11/h2-8,12-13,15,17H,9H2,1H3,(H2,19,21). The van der Waals surface area contributed by atoms with Crippen molar-refractivity contribution >= 4 is 5.91 Å². The summed E-state index contributed by atoms with van der Waals surface area (Å²) < 4.78 is 6.16. The van der Waals surface area contributed by atoms with Crippen molar-refractivity contribution in [3.8, 4) is 5.75 Å². The number of nitrogens with two attached hydrogens (primary N) is 1. The summed E-state index contributed by atoms with van der Waals surface area (Å²) in [4.78, 5) is 16.6. The van der Waals surface area contributed by atoms with Crippen molar-refractivity contribution in [2.24, 2.45) is 11.7 Å². The average Bonchev–Trinajstić information content (AvgIpc) is 3.04. The molecule has 2 heterocycles. The molecule has 2 aromatic rings. The van der Waals surface area contributed by atoms with E-state index in [1.807, 2.05) is 49.4 Å². The van der Waals surface area contributed by atoms with Gasteiger partial charge in [-0.15, -0.1) is 0 Å². The van der Waals surface area contributed by atoms with Gasteiger partial charge in [0.1, 0.15) is 11.9 Å². The molecule has 1 saturated carbocycles. The minimum atomic E-state index is -0.249. The lowest BCUT2D eigenvalue weighted by atomic mass is 9.87. The molecule has 4 heteroatoms. The molecule has 112 valence electrons. The van der Waals surface area contributed by atoms with Crippen molar-refractivity contribution in [2.45, 2.75) is 31.3 Å². The number of fused-ring (bicyclic) bond motifs is 3. The van der Waals surface area contributed by atoms with Gasteiger partial charge >= 0.3 is 0 Å². The third-order valence-corrected chi connectivity index (χ3v) is 4.88. The van der Waals surface area contributed by atoms with Gasteiger partial charge in [-0.05, 0) is 31.0 Å². The number of nitrogens with zero attached hydrogens (tertiary/aromatic N) is 1. The van der Waals surface area contributed by atoms with Crippen LogP contribution in [0, 0.1) is 12.8 Å². The Morgan fingerprint density at radius 3 is 2.73 bits per heavy atom. The molecule has 1 aliphatic heterocycles. The molecule has 0 radical (unpaired) electrons. The van der Waals surface area contributed by atoms with Crippen LogP contribution in [0.5, 0.6) is 5.75 Å². The first kappa shape index (κ1) is 13.3. The van der Waals surface area contributed by atoms with Crippen LogP contribution in [0.3, 0.4) is 0 Å². The molecule has 0 spiro atoms. The van der Waals surface area contributed by atoms with Crippen LogP contribution in [0.1, 0.15) is 35.2 Å².